The van der Waals surface area contributed by atoms with Gasteiger partial charge in [-0.25, -0.2) is 4.79 Å². The van der Waals surface area contributed by atoms with Gasteiger partial charge in [0.1, 0.15) is 5.76 Å². The van der Waals surface area contributed by atoms with Crippen LogP contribution in [0.4, 0.5) is 5.69 Å². The Morgan fingerprint density at radius 3 is 2.46 bits per heavy atom. The molecule has 0 radical (unpaired) electrons. The van der Waals surface area contributed by atoms with Crippen molar-refractivity contribution in [3.63, 3.8) is 0 Å². The van der Waals surface area contributed by atoms with Crippen molar-refractivity contribution in [3.8, 4) is 0 Å². The van der Waals surface area contributed by atoms with E-state index in [1.807, 2.05) is 25.1 Å². The van der Waals surface area contributed by atoms with Crippen LogP contribution >= 0.6 is 0 Å². The number of benzene rings is 1. The molecular weight excluding hydrogens is 362 g/mol. The van der Waals surface area contributed by atoms with Crippen molar-refractivity contribution < 1.29 is 14.0 Å². The highest BCUT2D eigenvalue weighted by molar-refractivity contribution is 6.39. The van der Waals surface area contributed by atoms with E-state index < -0.39 is 11.8 Å². The normalized spacial score (nSPS) is 12.3. The predicted octanol–water partition coefficient (Wildman–Crippen LogP) is 0.828. The van der Waals surface area contributed by atoms with E-state index in [-0.39, 0.29) is 18.3 Å². The number of anilines is 1. The molecule has 0 aliphatic heterocycles. The van der Waals surface area contributed by atoms with Gasteiger partial charge in [-0.3, -0.25) is 23.6 Å². The third kappa shape index (κ3) is 3.70. The Labute approximate surface area is 161 Å². The SMILES string of the molecule is CN(C)C(CNC(=O)C(=O)Nc1ccc2c(c1)n(C)c(=O)n2C)c1ccco1. The number of nitrogens with one attached hydrogen (secondary N) is 2. The lowest BCUT2D eigenvalue weighted by Gasteiger charge is -2.22. The van der Waals surface area contributed by atoms with Gasteiger partial charge >= 0.3 is 17.5 Å². The molecule has 0 aliphatic rings. The van der Waals surface area contributed by atoms with Crippen LogP contribution in [0.25, 0.3) is 11.0 Å². The first kappa shape index (κ1) is 19.4. The van der Waals surface area contributed by atoms with Crippen LogP contribution in [0.5, 0.6) is 0 Å². The molecule has 2 heterocycles. The lowest BCUT2D eigenvalue weighted by molar-refractivity contribution is -0.136. The predicted molar refractivity (Wildman–Crippen MR) is 105 cm³/mol. The van der Waals surface area contributed by atoms with Gasteiger partial charge < -0.3 is 15.1 Å². The van der Waals surface area contributed by atoms with Crippen LogP contribution in [0.3, 0.4) is 0 Å². The number of furan rings is 1. The van der Waals surface area contributed by atoms with Gasteiger partial charge in [-0.2, -0.15) is 0 Å². The van der Waals surface area contributed by atoms with E-state index in [9.17, 15) is 14.4 Å². The Balaban J connectivity index is 1.67. The van der Waals surface area contributed by atoms with Gasteiger partial charge in [0.25, 0.3) is 0 Å². The lowest BCUT2D eigenvalue weighted by Crippen LogP contribution is -2.40. The number of hydrogen-bond acceptors (Lipinski definition) is 5. The number of aromatic nitrogens is 2. The average Bonchev–Trinajstić information content (AvgIpc) is 3.26. The molecular formula is C19H23N5O4. The highest BCUT2D eigenvalue weighted by Crippen LogP contribution is 2.18. The minimum atomic E-state index is -0.780. The Hall–Kier alpha value is -3.33. The number of carbonyl (C=O) groups excluding carboxylic acids is 2. The molecule has 0 fully saturated rings. The van der Waals surface area contributed by atoms with Gasteiger partial charge in [0, 0.05) is 26.3 Å². The zero-order valence-corrected chi connectivity index (χ0v) is 16.2. The van der Waals surface area contributed by atoms with Crippen LogP contribution in [0.1, 0.15) is 11.8 Å². The summed E-state index contributed by atoms with van der Waals surface area (Å²) in [6.07, 6.45) is 1.56. The summed E-state index contributed by atoms with van der Waals surface area (Å²) in [5.41, 5.74) is 1.67. The van der Waals surface area contributed by atoms with Gasteiger partial charge in [-0.15, -0.1) is 0 Å². The van der Waals surface area contributed by atoms with Crippen LogP contribution in [0.2, 0.25) is 0 Å². The Kier molecular flexibility index (Phi) is 5.36. The van der Waals surface area contributed by atoms with Crippen molar-refractivity contribution in [2.45, 2.75) is 6.04 Å². The van der Waals surface area contributed by atoms with E-state index in [4.69, 9.17) is 4.42 Å². The molecule has 148 valence electrons. The fraction of sp³-hybridized carbons (Fsp3) is 0.316. The second-order valence-corrected chi connectivity index (χ2v) is 6.76. The third-order valence-corrected chi connectivity index (χ3v) is 4.69. The van der Waals surface area contributed by atoms with Gasteiger partial charge in [-0.1, -0.05) is 0 Å². The van der Waals surface area contributed by atoms with Gasteiger partial charge in [-0.05, 0) is 44.4 Å². The fourth-order valence-corrected chi connectivity index (χ4v) is 3.06. The molecule has 2 N–H and O–H groups in total. The van der Waals surface area contributed by atoms with E-state index in [0.29, 0.717) is 17.0 Å². The van der Waals surface area contributed by atoms with Crippen LogP contribution in [-0.2, 0) is 23.7 Å². The molecule has 1 aromatic carbocycles. The van der Waals surface area contributed by atoms with Gasteiger partial charge in [0.15, 0.2) is 0 Å². The molecule has 1 unspecified atom stereocenters. The van der Waals surface area contributed by atoms with Crippen molar-refractivity contribution in [3.05, 3.63) is 52.8 Å². The monoisotopic (exact) mass is 385 g/mol. The second kappa shape index (κ2) is 7.73. The van der Waals surface area contributed by atoms with Crippen LogP contribution in [0.15, 0.2) is 45.8 Å². The quantitative estimate of drug-likeness (QED) is 0.634. The molecule has 9 nitrogen and oxygen atoms in total. The van der Waals surface area contributed by atoms with E-state index in [1.54, 1.807) is 44.6 Å². The number of carbonyl (C=O) groups is 2. The molecule has 0 bridgehead atoms. The number of imidazole rings is 1. The second-order valence-electron chi connectivity index (χ2n) is 6.76. The number of nitrogens with zero attached hydrogens (tertiary/aromatic N) is 3. The first-order valence-corrected chi connectivity index (χ1v) is 8.74. The molecule has 0 aliphatic carbocycles. The molecule has 0 saturated heterocycles. The maximum Gasteiger partial charge on any atom is 0.328 e. The Bertz CT molecular complexity index is 1060. The maximum atomic E-state index is 12.2. The van der Waals surface area contributed by atoms with Crippen LogP contribution < -0.4 is 16.3 Å². The molecule has 0 saturated carbocycles. The zero-order chi connectivity index (χ0) is 20.4. The fourth-order valence-electron chi connectivity index (χ4n) is 3.06. The largest absolute Gasteiger partial charge is 0.468 e. The van der Waals surface area contributed by atoms with Crippen molar-refractivity contribution in [2.75, 3.05) is 26.0 Å². The molecule has 0 spiro atoms. The summed E-state index contributed by atoms with van der Waals surface area (Å²) >= 11 is 0. The number of likely N-dealkylation sites (N-methyl/N-ethyl adjacent to an activating group) is 1. The molecule has 1 atom stereocenters. The van der Waals surface area contributed by atoms with Crippen LogP contribution in [0, 0.1) is 0 Å². The minimum absolute atomic E-state index is 0.163. The van der Waals surface area contributed by atoms with Crippen molar-refractivity contribution in [1.29, 1.82) is 0 Å². The topological polar surface area (TPSA) is 102 Å². The van der Waals surface area contributed by atoms with E-state index in [0.717, 1.165) is 5.52 Å². The molecule has 3 rings (SSSR count). The highest BCUT2D eigenvalue weighted by Gasteiger charge is 2.21. The molecule has 28 heavy (non-hydrogen) atoms. The summed E-state index contributed by atoms with van der Waals surface area (Å²) in [5.74, 6) is -0.834. The summed E-state index contributed by atoms with van der Waals surface area (Å²) in [7, 11) is 7.05. The van der Waals surface area contributed by atoms with Gasteiger partial charge in [0.2, 0.25) is 0 Å². The Morgan fingerprint density at radius 1 is 1.11 bits per heavy atom. The number of hydrogen-bond donors (Lipinski definition) is 2. The highest BCUT2D eigenvalue weighted by atomic mass is 16.3. The molecule has 2 aromatic heterocycles. The van der Waals surface area contributed by atoms with Crippen molar-refractivity contribution in [1.82, 2.24) is 19.4 Å². The summed E-state index contributed by atoms with van der Waals surface area (Å²) in [4.78, 5) is 38.3. The van der Waals surface area contributed by atoms with Gasteiger partial charge in [0.05, 0.1) is 23.3 Å². The third-order valence-electron chi connectivity index (χ3n) is 4.69. The minimum Gasteiger partial charge on any atom is -0.468 e. The molecule has 9 heteroatoms. The van der Waals surface area contributed by atoms with Crippen LogP contribution in [-0.4, -0.2) is 46.5 Å². The zero-order valence-electron chi connectivity index (χ0n) is 16.2. The number of fused-ring (bicyclic) bond motifs is 1. The number of aryl methyl sites for hydroxylation is 2. The van der Waals surface area contributed by atoms with Crippen molar-refractivity contribution in [2.24, 2.45) is 14.1 Å². The Morgan fingerprint density at radius 2 is 1.82 bits per heavy atom. The summed E-state index contributed by atoms with van der Waals surface area (Å²) < 4.78 is 8.39. The van der Waals surface area contributed by atoms with E-state index >= 15 is 0 Å². The number of amides is 2. The number of rotatable bonds is 5. The first-order valence-electron chi connectivity index (χ1n) is 8.74. The van der Waals surface area contributed by atoms with E-state index in [1.165, 1.54) is 9.13 Å². The summed E-state index contributed by atoms with van der Waals surface area (Å²) in [6.45, 7) is 0.221. The lowest BCUT2D eigenvalue weighted by atomic mass is 10.2. The smallest absolute Gasteiger partial charge is 0.328 e. The summed E-state index contributed by atoms with van der Waals surface area (Å²) in [5, 5.41) is 5.19. The average molecular weight is 385 g/mol. The maximum absolute atomic E-state index is 12.2. The van der Waals surface area contributed by atoms with Crippen molar-refractivity contribution >= 4 is 28.5 Å². The summed E-state index contributed by atoms with van der Waals surface area (Å²) in [6, 6.07) is 8.43. The molecule has 2 amide bonds. The van der Waals surface area contributed by atoms with E-state index in [2.05, 4.69) is 10.6 Å². The standard InChI is InChI=1S/C19H23N5O4/c1-22(2)15(16-6-5-9-28-16)11-20-17(25)18(26)21-12-7-8-13-14(10-12)24(4)19(27)23(13)3/h5-10,15H,11H2,1-4H3,(H,20,25)(H,21,26). The molecule has 3 aromatic rings. The first-order chi connectivity index (χ1) is 13.3.